The molecule has 30 heavy (non-hydrogen) atoms. The summed E-state index contributed by atoms with van der Waals surface area (Å²) in [5.74, 6) is -0.353. The van der Waals surface area contributed by atoms with Gasteiger partial charge in [-0.25, -0.2) is 4.98 Å². The lowest BCUT2D eigenvalue weighted by atomic mass is 10.2. The van der Waals surface area contributed by atoms with Gasteiger partial charge in [0, 0.05) is 12.3 Å². The Balaban J connectivity index is 1.87. The van der Waals surface area contributed by atoms with E-state index in [2.05, 4.69) is 54.1 Å². The summed E-state index contributed by atoms with van der Waals surface area (Å²) in [5, 5.41) is 2.74. The number of nitrogens with one attached hydrogen (secondary N) is 2. The highest BCUT2D eigenvalue weighted by Gasteiger charge is 2.44. The van der Waals surface area contributed by atoms with Crippen molar-refractivity contribution in [3.63, 3.8) is 0 Å². The van der Waals surface area contributed by atoms with Gasteiger partial charge >= 0.3 is 0 Å². The number of aromatic nitrogens is 4. The summed E-state index contributed by atoms with van der Waals surface area (Å²) in [6.45, 7) is 16.6. The van der Waals surface area contributed by atoms with E-state index in [1.165, 1.54) is 0 Å². The van der Waals surface area contributed by atoms with E-state index >= 15 is 0 Å². The highest BCUT2D eigenvalue weighted by molar-refractivity contribution is 6.74. The van der Waals surface area contributed by atoms with Crippen LogP contribution in [0.25, 0.3) is 11.2 Å². The van der Waals surface area contributed by atoms with Crippen molar-refractivity contribution >= 4 is 31.3 Å². The van der Waals surface area contributed by atoms with Crippen molar-refractivity contribution < 1.29 is 14.0 Å². The van der Waals surface area contributed by atoms with Gasteiger partial charge in [0.2, 0.25) is 11.9 Å². The molecule has 0 unspecified atom stereocenters. The minimum Gasteiger partial charge on any atom is -0.411 e. The zero-order chi connectivity index (χ0) is 22.4. The highest BCUT2D eigenvalue weighted by atomic mass is 28.4. The first-order valence-corrected chi connectivity index (χ1v) is 13.3. The number of hydrogen-bond donors (Lipinski definition) is 2. The number of H-pyrrole nitrogens is 1. The average Bonchev–Trinajstić information content (AvgIpc) is 3.17. The van der Waals surface area contributed by atoms with Gasteiger partial charge in [-0.1, -0.05) is 34.6 Å². The summed E-state index contributed by atoms with van der Waals surface area (Å²) in [6.07, 6.45) is 1.72. The highest BCUT2D eigenvalue weighted by Crippen LogP contribution is 2.41. The van der Waals surface area contributed by atoms with Crippen molar-refractivity contribution in [2.75, 3.05) is 5.32 Å². The van der Waals surface area contributed by atoms with Crippen LogP contribution in [0.2, 0.25) is 18.1 Å². The second kappa shape index (κ2) is 7.90. The lowest BCUT2D eigenvalue weighted by Crippen LogP contribution is -2.45. The number of nitrogens with zero attached hydrogens (tertiary/aromatic N) is 3. The van der Waals surface area contributed by atoms with E-state index in [0.29, 0.717) is 12.1 Å². The van der Waals surface area contributed by atoms with Crippen LogP contribution >= 0.6 is 0 Å². The van der Waals surface area contributed by atoms with Crippen molar-refractivity contribution in [3.05, 3.63) is 16.7 Å². The summed E-state index contributed by atoms with van der Waals surface area (Å²) >= 11 is 0. The molecule has 0 bridgehead atoms. The monoisotopic (exact) mass is 435 g/mol. The van der Waals surface area contributed by atoms with Gasteiger partial charge in [0.05, 0.1) is 18.5 Å². The number of ether oxygens (including phenoxy) is 1. The topological polar surface area (TPSA) is 111 Å². The number of hydrogen-bond acceptors (Lipinski definition) is 6. The Morgan fingerprint density at radius 1 is 1.40 bits per heavy atom. The van der Waals surface area contributed by atoms with Crippen LogP contribution < -0.4 is 10.9 Å². The minimum atomic E-state index is -1.95. The van der Waals surface area contributed by atoms with E-state index in [9.17, 15) is 9.59 Å². The average molecular weight is 436 g/mol. The zero-order valence-electron chi connectivity index (χ0n) is 19.1. The summed E-state index contributed by atoms with van der Waals surface area (Å²) < 4.78 is 14.5. The molecule has 10 heteroatoms. The molecule has 1 fully saturated rings. The van der Waals surface area contributed by atoms with E-state index in [-0.39, 0.29) is 46.8 Å². The largest absolute Gasteiger partial charge is 0.411 e. The van der Waals surface area contributed by atoms with Crippen LogP contribution in [0.3, 0.4) is 0 Å². The Morgan fingerprint density at radius 3 is 2.67 bits per heavy atom. The van der Waals surface area contributed by atoms with E-state index < -0.39 is 13.9 Å². The molecule has 0 radical (unpaired) electrons. The molecular formula is C20H33N5O4Si. The molecule has 1 aliphatic heterocycles. The molecule has 1 amide bonds. The summed E-state index contributed by atoms with van der Waals surface area (Å²) in [5.41, 5.74) is 0.184. The third-order valence-corrected chi connectivity index (χ3v) is 10.6. The standard InChI is InChI=1S/C20H33N5O4Si/c1-11(2)17(26)23-19-22-16-15(18(27)24-19)21-10-25(16)14-9-13(12(3)28-14)29-30(7,8)20(4,5)6/h10-14H,9H2,1-8H3,(H2,22,23,24,26,27)/t12-,13+,14-/m1/s1. The van der Waals surface area contributed by atoms with Crippen molar-refractivity contribution in [3.8, 4) is 0 Å². The van der Waals surface area contributed by atoms with Crippen LogP contribution in [-0.4, -0.2) is 46.0 Å². The Bertz CT molecular complexity index is 991. The van der Waals surface area contributed by atoms with E-state index in [1.807, 2.05) is 6.92 Å². The van der Waals surface area contributed by atoms with Gasteiger partial charge in [-0.15, -0.1) is 0 Å². The van der Waals surface area contributed by atoms with Crippen LogP contribution in [0.5, 0.6) is 0 Å². The molecule has 2 aromatic heterocycles. The van der Waals surface area contributed by atoms with Crippen LogP contribution in [-0.2, 0) is 14.0 Å². The molecule has 0 spiro atoms. The van der Waals surface area contributed by atoms with E-state index in [4.69, 9.17) is 9.16 Å². The summed E-state index contributed by atoms with van der Waals surface area (Å²) in [7, 11) is -1.95. The van der Waals surface area contributed by atoms with Gasteiger partial charge in [0.15, 0.2) is 19.5 Å². The Hall–Kier alpha value is -2.04. The first-order chi connectivity index (χ1) is 13.8. The number of fused-ring (bicyclic) bond motifs is 1. The minimum absolute atomic E-state index is 0.0459. The van der Waals surface area contributed by atoms with Gasteiger partial charge in [-0.05, 0) is 25.1 Å². The molecule has 0 aliphatic carbocycles. The molecule has 1 aliphatic rings. The summed E-state index contributed by atoms with van der Waals surface area (Å²) in [4.78, 5) is 35.6. The van der Waals surface area contributed by atoms with Gasteiger partial charge in [-0.2, -0.15) is 4.98 Å². The summed E-state index contributed by atoms with van der Waals surface area (Å²) in [6, 6.07) is 0. The number of aromatic amines is 1. The lowest BCUT2D eigenvalue weighted by molar-refractivity contribution is -0.118. The van der Waals surface area contributed by atoms with Gasteiger partial charge < -0.3 is 9.16 Å². The van der Waals surface area contributed by atoms with Crippen molar-refractivity contribution in [1.29, 1.82) is 0 Å². The fourth-order valence-corrected chi connectivity index (χ4v) is 4.51. The maximum Gasteiger partial charge on any atom is 0.280 e. The Morgan fingerprint density at radius 2 is 2.07 bits per heavy atom. The third kappa shape index (κ3) is 4.35. The Labute approximate surface area is 177 Å². The molecule has 0 saturated carbocycles. The normalized spacial score (nSPS) is 22.8. The molecular weight excluding hydrogens is 402 g/mol. The maximum absolute atomic E-state index is 12.4. The molecule has 9 nitrogen and oxygen atoms in total. The van der Waals surface area contributed by atoms with Crippen LogP contribution in [0, 0.1) is 5.92 Å². The number of carbonyl (C=O) groups is 1. The smallest absolute Gasteiger partial charge is 0.280 e. The predicted molar refractivity (Wildman–Crippen MR) is 118 cm³/mol. The van der Waals surface area contributed by atoms with Gasteiger partial charge in [-0.3, -0.25) is 24.5 Å². The van der Waals surface area contributed by atoms with Gasteiger partial charge in [0.25, 0.3) is 5.56 Å². The number of rotatable bonds is 5. The van der Waals surface area contributed by atoms with Crippen molar-refractivity contribution in [1.82, 2.24) is 19.5 Å². The molecule has 3 atom stereocenters. The molecule has 1 saturated heterocycles. The molecule has 2 N–H and O–H groups in total. The second-order valence-corrected chi connectivity index (χ2v) is 14.6. The van der Waals surface area contributed by atoms with E-state index in [0.717, 1.165) is 0 Å². The van der Waals surface area contributed by atoms with E-state index in [1.54, 1.807) is 24.7 Å². The molecule has 2 aromatic rings. The molecule has 0 aromatic carbocycles. The first kappa shape index (κ1) is 22.6. The fraction of sp³-hybridized carbons (Fsp3) is 0.700. The fourth-order valence-electron chi connectivity index (χ4n) is 3.12. The van der Waals surface area contributed by atoms with Crippen LogP contribution in [0.1, 0.15) is 54.2 Å². The van der Waals surface area contributed by atoms with Crippen molar-refractivity contribution in [2.45, 2.75) is 84.5 Å². The number of amides is 1. The number of carbonyl (C=O) groups excluding carboxylic acids is 1. The quantitative estimate of drug-likeness (QED) is 0.696. The van der Waals surface area contributed by atoms with Crippen LogP contribution in [0.15, 0.2) is 11.1 Å². The van der Waals surface area contributed by atoms with Gasteiger partial charge in [0.1, 0.15) is 6.23 Å². The molecule has 166 valence electrons. The SMILES string of the molecule is CC(C)C(=O)Nc1nc2c(ncn2[C@H]2C[C@H](O[Si](C)(C)C(C)(C)C)[C@@H](C)O2)c(=O)[nH]1. The third-order valence-electron chi connectivity index (χ3n) is 6.09. The van der Waals surface area contributed by atoms with Crippen molar-refractivity contribution in [2.24, 2.45) is 5.92 Å². The second-order valence-electron chi connectivity index (χ2n) is 9.83. The number of imidazole rings is 1. The molecule has 3 rings (SSSR count). The first-order valence-electron chi connectivity index (χ1n) is 10.4. The number of anilines is 1. The molecule has 3 heterocycles. The Kier molecular flexibility index (Phi) is 5.96. The predicted octanol–water partition coefficient (Wildman–Crippen LogP) is 3.41. The zero-order valence-corrected chi connectivity index (χ0v) is 20.1. The van der Waals surface area contributed by atoms with Crippen LogP contribution in [0.4, 0.5) is 5.95 Å². The maximum atomic E-state index is 12.4. The lowest BCUT2D eigenvalue weighted by Gasteiger charge is -2.39.